The molecule has 0 aromatic heterocycles. The Labute approximate surface area is 608 Å². The highest BCUT2D eigenvalue weighted by molar-refractivity contribution is 6.30. The van der Waals surface area contributed by atoms with Crippen molar-refractivity contribution >= 4 is 83.1 Å². The Hall–Kier alpha value is -13.1. The Bertz CT molecular complexity index is 5890. The minimum absolute atomic E-state index is 0.767. The first-order valence-electron chi connectivity index (χ1n) is 35.0. The van der Waals surface area contributed by atoms with Gasteiger partial charge in [-0.05, 0) is 194 Å². The summed E-state index contributed by atoms with van der Waals surface area (Å²) in [6.07, 6.45) is 0. The Balaban J connectivity index is 0.000000133. The number of nitrogens with zero attached hydrogens (tertiary/aromatic N) is 1. The van der Waals surface area contributed by atoms with Crippen LogP contribution in [0.3, 0.4) is 0 Å². The standard InChI is InChI=1S/C50H35N.C30H23N.C20H13Cl/c1-3-13-36(14-4-1)38-23-25-40(26-24-38)46-19-11-12-22-50(46)51(43-31-27-39(28-32-43)37-15-5-2-6-16-37)44-33-29-41(30-34-44)49-35-42-17-7-8-18-45(42)47-20-9-10-21-48(47)49;1-3-9-23(10-4-1)25-15-17-27(18-16-25)29-13-7-8-14-30(29)31-28-21-19-26(20-22-28)24-11-5-2-6-12-24;21-16-11-9-14(10-12-16)20-13-15-5-1-2-6-17(15)18-7-3-4-8-19(18)20/h1-35H;1-22,31H;1-13H. The van der Waals surface area contributed by atoms with Crippen LogP contribution in [0.25, 0.3) is 132 Å². The summed E-state index contributed by atoms with van der Waals surface area (Å²) in [6, 6.07) is 151. The van der Waals surface area contributed by atoms with Crippen LogP contribution in [-0.2, 0) is 0 Å². The van der Waals surface area contributed by atoms with Gasteiger partial charge in [0.1, 0.15) is 0 Å². The maximum Gasteiger partial charge on any atom is 0.0540 e. The zero-order chi connectivity index (χ0) is 69.1. The summed E-state index contributed by atoms with van der Waals surface area (Å²) in [5.74, 6) is 0. The number of nitrogens with one attached hydrogen (secondary N) is 1. The van der Waals surface area contributed by atoms with Gasteiger partial charge in [0.15, 0.2) is 0 Å². The van der Waals surface area contributed by atoms with E-state index in [2.05, 4.69) is 411 Å². The van der Waals surface area contributed by atoms with Gasteiger partial charge in [-0.3, -0.25) is 0 Å². The maximum atomic E-state index is 6.01. The average Bonchev–Trinajstić information content (AvgIpc) is 0.769. The number of benzene rings is 18. The van der Waals surface area contributed by atoms with Crippen molar-refractivity contribution in [3.63, 3.8) is 0 Å². The highest BCUT2D eigenvalue weighted by atomic mass is 35.5. The molecule has 0 heterocycles. The van der Waals surface area contributed by atoms with Crippen LogP contribution in [0, 0.1) is 0 Å². The molecule has 18 aromatic rings. The van der Waals surface area contributed by atoms with E-state index in [9.17, 15) is 0 Å². The summed E-state index contributed by atoms with van der Waals surface area (Å²) in [4.78, 5) is 2.39. The smallest absolute Gasteiger partial charge is 0.0540 e. The van der Waals surface area contributed by atoms with E-state index < -0.39 is 0 Å². The van der Waals surface area contributed by atoms with E-state index in [1.165, 1.54) is 132 Å². The first-order chi connectivity index (χ1) is 51.0. The second kappa shape index (κ2) is 30.2. The van der Waals surface area contributed by atoms with Crippen molar-refractivity contribution in [2.24, 2.45) is 0 Å². The van der Waals surface area contributed by atoms with Crippen molar-refractivity contribution in [2.75, 3.05) is 10.2 Å². The average molecular weight is 1340 g/mol. The van der Waals surface area contributed by atoms with Crippen molar-refractivity contribution in [2.45, 2.75) is 0 Å². The van der Waals surface area contributed by atoms with Crippen LogP contribution >= 0.6 is 11.6 Å². The highest BCUT2D eigenvalue weighted by Gasteiger charge is 2.19. The second-order valence-electron chi connectivity index (χ2n) is 25.7. The van der Waals surface area contributed by atoms with E-state index in [1.807, 2.05) is 24.3 Å². The number of hydrogen-bond acceptors (Lipinski definition) is 2. The molecule has 103 heavy (non-hydrogen) atoms. The van der Waals surface area contributed by atoms with Gasteiger partial charge in [0, 0.05) is 38.9 Å². The topological polar surface area (TPSA) is 15.3 Å². The minimum Gasteiger partial charge on any atom is -0.355 e. The van der Waals surface area contributed by atoms with Crippen LogP contribution in [0.15, 0.2) is 425 Å². The molecule has 0 radical (unpaired) electrons. The quantitative estimate of drug-likeness (QED) is 0.116. The van der Waals surface area contributed by atoms with Crippen LogP contribution in [0.2, 0.25) is 5.02 Å². The second-order valence-corrected chi connectivity index (χ2v) is 26.1. The number of para-hydroxylation sites is 2. The highest BCUT2D eigenvalue weighted by Crippen LogP contribution is 2.44. The molecule has 0 bridgehead atoms. The first-order valence-corrected chi connectivity index (χ1v) is 35.4. The number of rotatable bonds is 13. The molecular formula is C100H71ClN2. The van der Waals surface area contributed by atoms with Crippen LogP contribution in [0.5, 0.6) is 0 Å². The van der Waals surface area contributed by atoms with Crippen molar-refractivity contribution in [1.82, 2.24) is 0 Å². The zero-order valence-electron chi connectivity index (χ0n) is 56.7. The molecule has 0 saturated heterocycles. The molecule has 1 N–H and O–H groups in total. The summed E-state index contributed by atoms with van der Waals surface area (Å²) in [7, 11) is 0. The number of anilines is 5. The summed E-state index contributed by atoms with van der Waals surface area (Å²) in [6.45, 7) is 0. The van der Waals surface area contributed by atoms with Crippen LogP contribution in [-0.4, -0.2) is 0 Å². The van der Waals surface area contributed by atoms with Gasteiger partial charge < -0.3 is 10.2 Å². The van der Waals surface area contributed by atoms with Gasteiger partial charge in [-0.25, -0.2) is 0 Å². The molecule has 0 fully saturated rings. The Morgan fingerprint density at radius 2 is 0.476 bits per heavy atom. The predicted molar refractivity (Wildman–Crippen MR) is 442 cm³/mol. The van der Waals surface area contributed by atoms with Gasteiger partial charge in [0.25, 0.3) is 0 Å². The van der Waals surface area contributed by atoms with Gasteiger partial charge in [-0.1, -0.05) is 363 Å². The predicted octanol–water partition coefficient (Wildman–Crippen LogP) is 28.9. The van der Waals surface area contributed by atoms with Gasteiger partial charge in [0.05, 0.1) is 5.69 Å². The summed E-state index contributed by atoms with van der Waals surface area (Å²) >= 11 is 6.01. The van der Waals surface area contributed by atoms with Gasteiger partial charge in [-0.2, -0.15) is 0 Å². The van der Waals surface area contributed by atoms with Gasteiger partial charge >= 0.3 is 0 Å². The minimum atomic E-state index is 0.767. The van der Waals surface area contributed by atoms with Crippen LogP contribution < -0.4 is 10.2 Å². The molecule has 0 aliphatic heterocycles. The molecule has 0 saturated carbocycles. The molecule has 0 unspecified atom stereocenters. The van der Waals surface area contributed by atoms with E-state index >= 15 is 0 Å². The Kier molecular flexibility index (Phi) is 18.9. The van der Waals surface area contributed by atoms with Crippen LogP contribution in [0.4, 0.5) is 28.4 Å². The third kappa shape index (κ3) is 14.3. The molecule has 0 amide bonds. The third-order valence-electron chi connectivity index (χ3n) is 19.3. The molecule has 0 atom stereocenters. The molecule has 488 valence electrons. The molecule has 18 aromatic carbocycles. The molecule has 18 rings (SSSR count). The van der Waals surface area contributed by atoms with E-state index in [0.29, 0.717) is 0 Å². The molecule has 0 spiro atoms. The molecule has 0 aliphatic rings. The Morgan fingerprint density at radius 1 is 0.194 bits per heavy atom. The summed E-state index contributed by atoms with van der Waals surface area (Å²) in [5.41, 5.74) is 24.9. The molecule has 3 heteroatoms. The maximum absolute atomic E-state index is 6.01. The van der Waals surface area contributed by atoms with Crippen molar-refractivity contribution in [3.8, 4) is 89.0 Å². The molecule has 2 nitrogen and oxygen atoms in total. The zero-order valence-corrected chi connectivity index (χ0v) is 57.5. The van der Waals surface area contributed by atoms with Gasteiger partial charge in [-0.15, -0.1) is 0 Å². The number of hydrogen-bond donors (Lipinski definition) is 1. The van der Waals surface area contributed by atoms with Crippen molar-refractivity contribution in [1.29, 1.82) is 0 Å². The summed E-state index contributed by atoms with van der Waals surface area (Å²) < 4.78 is 0. The number of halogens is 1. The normalized spacial score (nSPS) is 11.0. The lowest BCUT2D eigenvalue weighted by molar-refractivity contribution is 1.28. The summed E-state index contributed by atoms with van der Waals surface area (Å²) in [5, 5.41) is 14.6. The van der Waals surface area contributed by atoms with E-state index in [4.69, 9.17) is 11.6 Å². The number of fused-ring (bicyclic) bond motifs is 6. The lowest BCUT2D eigenvalue weighted by Crippen LogP contribution is -2.11. The van der Waals surface area contributed by atoms with E-state index in [-0.39, 0.29) is 0 Å². The first kappa shape index (κ1) is 64.6. The van der Waals surface area contributed by atoms with E-state index in [1.54, 1.807) is 0 Å². The van der Waals surface area contributed by atoms with Crippen molar-refractivity contribution in [3.05, 3.63) is 430 Å². The van der Waals surface area contributed by atoms with Crippen LogP contribution in [0.1, 0.15) is 0 Å². The Morgan fingerprint density at radius 3 is 0.913 bits per heavy atom. The van der Waals surface area contributed by atoms with E-state index in [0.717, 1.165) is 33.5 Å². The SMILES string of the molecule is Clc1ccc(-c2cc3ccccc3c3ccccc23)cc1.c1ccc(-c2ccc(-c3ccccc3N(c3ccc(-c4ccccc4)cc3)c3ccc(-c4cc5ccccc5c5ccccc45)cc3)cc2)cc1.c1ccc(-c2ccc(Nc3ccccc3-c3ccc(-c4ccccc4)cc3)cc2)cc1. The van der Waals surface area contributed by atoms with Gasteiger partial charge in [0.2, 0.25) is 0 Å². The fourth-order valence-corrected chi connectivity index (χ4v) is 14.2. The lowest BCUT2D eigenvalue weighted by atomic mass is 9.93. The fraction of sp³-hybridized carbons (Fsp3) is 0. The third-order valence-corrected chi connectivity index (χ3v) is 19.6. The fourth-order valence-electron chi connectivity index (χ4n) is 14.1. The van der Waals surface area contributed by atoms with Crippen molar-refractivity contribution < 1.29 is 0 Å². The lowest BCUT2D eigenvalue weighted by Gasteiger charge is -2.28. The monoisotopic (exact) mass is 1330 g/mol. The molecular weight excluding hydrogens is 1260 g/mol. The molecule has 0 aliphatic carbocycles. The largest absolute Gasteiger partial charge is 0.355 e.